The van der Waals surface area contributed by atoms with Crippen LogP contribution < -0.4 is 4.74 Å². The molecule has 2 rings (SSSR count). The molecule has 3 nitrogen and oxygen atoms in total. The Morgan fingerprint density at radius 1 is 1.20 bits per heavy atom. The van der Waals surface area contributed by atoms with E-state index >= 15 is 0 Å². The van der Waals surface area contributed by atoms with Gasteiger partial charge in [0.25, 0.3) is 0 Å². The minimum atomic E-state index is 0.586. The van der Waals surface area contributed by atoms with Crippen molar-refractivity contribution in [3.05, 3.63) is 39.4 Å². The fraction of sp³-hybridized carbons (Fsp3) is 0.100. The third kappa shape index (κ3) is 2.82. The van der Waals surface area contributed by atoms with Crippen LogP contribution in [0.2, 0.25) is 0 Å². The first kappa shape index (κ1) is 10.7. The van der Waals surface area contributed by atoms with Crippen LogP contribution in [0.25, 0.3) is 0 Å². The van der Waals surface area contributed by atoms with E-state index in [1.54, 1.807) is 4.68 Å². The lowest BCUT2D eigenvalue weighted by atomic mass is 10.3. The topological polar surface area (TPSA) is 27.1 Å². The van der Waals surface area contributed by atoms with E-state index < -0.39 is 0 Å². The maximum absolute atomic E-state index is 5.57. The smallest absolute Gasteiger partial charge is 0.238 e. The molecular formula is C10H8Br2N2O. The van der Waals surface area contributed by atoms with Crippen molar-refractivity contribution in [2.75, 3.05) is 0 Å². The van der Waals surface area contributed by atoms with E-state index in [1.807, 2.05) is 37.5 Å². The molecule has 0 bridgehead atoms. The van der Waals surface area contributed by atoms with Crippen molar-refractivity contribution in [2.45, 2.75) is 0 Å². The molecule has 0 radical (unpaired) electrons. The molecule has 78 valence electrons. The van der Waals surface area contributed by atoms with Crippen LogP contribution in [0.4, 0.5) is 0 Å². The summed E-state index contributed by atoms with van der Waals surface area (Å²) in [4.78, 5) is 0. The summed E-state index contributed by atoms with van der Waals surface area (Å²) in [6.45, 7) is 0. The highest BCUT2D eigenvalue weighted by Gasteiger charge is 2.02. The van der Waals surface area contributed by atoms with Gasteiger partial charge in [-0.25, -0.2) is 0 Å². The van der Waals surface area contributed by atoms with Crippen molar-refractivity contribution < 1.29 is 4.74 Å². The number of benzene rings is 1. The highest BCUT2D eigenvalue weighted by atomic mass is 79.9. The number of hydrogen-bond acceptors (Lipinski definition) is 2. The quantitative estimate of drug-likeness (QED) is 0.838. The minimum Gasteiger partial charge on any atom is -0.437 e. The Balaban J connectivity index is 2.24. The lowest BCUT2D eigenvalue weighted by molar-refractivity contribution is 0.453. The van der Waals surface area contributed by atoms with Gasteiger partial charge in [0.15, 0.2) is 0 Å². The number of aromatic nitrogens is 2. The van der Waals surface area contributed by atoms with Crippen LogP contribution in [0.15, 0.2) is 39.4 Å². The number of ether oxygens (including phenoxy) is 1. The maximum Gasteiger partial charge on any atom is 0.238 e. The molecule has 0 aliphatic carbocycles. The van der Waals surface area contributed by atoms with Gasteiger partial charge in [-0.15, -0.1) is 5.10 Å². The number of rotatable bonds is 2. The van der Waals surface area contributed by atoms with Crippen LogP contribution in [0, 0.1) is 0 Å². The monoisotopic (exact) mass is 330 g/mol. The number of hydrogen-bond donors (Lipinski definition) is 0. The Bertz CT molecular complexity index is 462. The highest BCUT2D eigenvalue weighted by Crippen LogP contribution is 2.27. The molecule has 2 aromatic rings. The second-order valence-electron chi connectivity index (χ2n) is 3.03. The number of nitrogens with zero attached hydrogens (tertiary/aromatic N) is 2. The average Bonchev–Trinajstić information content (AvgIpc) is 2.49. The summed E-state index contributed by atoms with van der Waals surface area (Å²) in [5.74, 6) is 1.33. The number of aryl methyl sites for hydroxylation is 1. The molecule has 0 unspecified atom stereocenters. The van der Waals surface area contributed by atoms with E-state index in [-0.39, 0.29) is 0 Å². The number of halogens is 2. The lowest BCUT2D eigenvalue weighted by Gasteiger charge is -2.03. The molecule has 0 N–H and O–H groups in total. The van der Waals surface area contributed by atoms with E-state index in [2.05, 4.69) is 37.0 Å². The second-order valence-corrected chi connectivity index (χ2v) is 4.87. The predicted octanol–water partition coefficient (Wildman–Crippen LogP) is 3.74. The molecule has 0 aliphatic heterocycles. The maximum atomic E-state index is 5.57. The van der Waals surface area contributed by atoms with Crippen molar-refractivity contribution in [1.29, 1.82) is 0 Å². The first-order valence-corrected chi connectivity index (χ1v) is 5.86. The molecular weight excluding hydrogens is 324 g/mol. The lowest BCUT2D eigenvalue weighted by Crippen LogP contribution is -1.89. The van der Waals surface area contributed by atoms with Gasteiger partial charge in [-0.2, -0.15) is 0 Å². The van der Waals surface area contributed by atoms with Crippen LogP contribution in [-0.2, 0) is 7.05 Å². The third-order valence-corrected chi connectivity index (χ3v) is 2.66. The SMILES string of the molecule is Cn1ccc(Oc2cc(Br)cc(Br)c2)n1. The van der Waals surface area contributed by atoms with Gasteiger partial charge in [0.1, 0.15) is 5.75 Å². The van der Waals surface area contributed by atoms with E-state index in [0.717, 1.165) is 14.7 Å². The molecule has 1 aromatic carbocycles. The largest absolute Gasteiger partial charge is 0.437 e. The predicted molar refractivity (Wildman–Crippen MR) is 65.1 cm³/mol. The average molecular weight is 332 g/mol. The molecule has 1 aromatic heterocycles. The highest BCUT2D eigenvalue weighted by molar-refractivity contribution is 9.11. The molecule has 0 aliphatic rings. The van der Waals surface area contributed by atoms with E-state index in [0.29, 0.717) is 5.88 Å². The van der Waals surface area contributed by atoms with Crippen molar-refractivity contribution in [3.63, 3.8) is 0 Å². The van der Waals surface area contributed by atoms with Gasteiger partial charge >= 0.3 is 0 Å². The Hall–Kier alpha value is -0.810. The Labute approximate surface area is 104 Å². The second kappa shape index (κ2) is 4.37. The zero-order valence-corrected chi connectivity index (χ0v) is 11.1. The van der Waals surface area contributed by atoms with Crippen LogP contribution in [-0.4, -0.2) is 9.78 Å². The molecule has 0 fully saturated rings. The van der Waals surface area contributed by atoms with E-state index in [1.165, 1.54) is 0 Å². The van der Waals surface area contributed by atoms with Gasteiger partial charge in [0.05, 0.1) is 0 Å². The zero-order valence-electron chi connectivity index (χ0n) is 7.95. The standard InChI is InChI=1S/C10H8Br2N2O/c1-14-3-2-10(13-14)15-9-5-7(11)4-8(12)6-9/h2-6H,1H3. The van der Waals surface area contributed by atoms with Crippen LogP contribution >= 0.6 is 31.9 Å². The van der Waals surface area contributed by atoms with Gasteiger partial charge < -0.3 is 4.74 Å². The van der Waals surface area contributed by atoms with Crippen LogP contribution in [0.3, 0.4) is 0 Å². The summed E-state index contributed by atoms with van der Waals surface area (Å²) in [6.07, 6.45) is 1.84. The fourth-order valence-corrected chi connectivity index (χ4v) is 2.41. The molecule has 0 saturated heterocycles. The van der Waals surface area contributed by atoms with Crippen molar-refractivity contribution in [1.82, 2.24) is 9.78 Å². The van der Waals surface area contributed by atoms with E-state index in [4.69, 9.17) is 4.74 Å². The summed E-state index contributed by atoms with van der Waals surface area (Å²) in [6, 6.07) is 7.54. The minimum absolute atomic E-state index is 0.586. The Morgan fingerprint density at radius 2 is 1.87 bits per heavy atom. The summed E-state index contributed by atoms with van der Waals surface area (Å²) in [5, 5.41) is 4.13. The van der Waals surface area contributed by atoms with Gasteiger partial charge in [-0.05, 0) is 18.2 Å². The van der Waals surface area contributed by atoms with E-state index in [9.17, 15) is 0 Å². The molecule has 1 heterocycles. The fourth-order valence-electron chi connectivity index (χ4n) is 1.16. The van der Waals surface area contributed by atoms with Gasteiger partial charge in [-0.1, -0.05) is 31.9 Å². The molecule has 15 heavy (non-hydrogen) atoms. The first-order valence-electron chi connectivity index (χ1n) is 4.27. The molecule has 0 spiro atoms. The van der Waals surface area contributed by atoms with Crippen molar-refractivity contribution in [3.8, 4) is 11.6 Å². The van der Waals surface area contributed by atoms with Gasteiger partial charge in [0, 0.05) is 28.3 Å². The summed E-state index contributed by atoms with van der Waals surface area (Å²) in [5.41, 5.74) is 0. The summed E-state index contributed by atoms with van der Waals surface area (Å²) < 4.78 is 9.19. The van der Waals surface area contributed by atoms with Crippen molar-refractivity contribution in [2.24, 2.45) is 7.05 Å². The Kier molecular flexibility index (Phi) is 3.11. The molecule has 0 amide bonds. The molecule has 5 heteroatoms. The summed E-state index contributed by atoms with van der Waals surface area (Å²) in [7, 11) is 1.85. The molecule has 0 saturated carbocycles. The van der Waals surface area contributed by atoms with Crippen LogP contribution in [0.1, 0.15) is 0 Å². The van der Waals surface area contributed by atoms with Gasteiger partial charge in [0.2, 0.25) is 5.88 Å². The summed E-state index contributed by atoms with van der Waals surface area (Å²) >= 11 is 6.79. The molecule has 0 atom stereocenters. The third-order valence-electron chi connectivity index (χ3n) is 1.75. The normalized spacial score (nSPS) is 10.3. The first-order chi connectivity index (χ1) is 7.13. The zero-order chi connectivity index (χ0) is 10.8. The Morgan fingerprint density at radius 3 is 2.40 bits per heavy atom. The van der Waals surface area contributed by atoms with Crippen molar-refractivity contribution >= 4 is 31.9 Å². The van der Waals surface area contributed by atoms with Crippen LogP contribution in [0.5, 0.6) is 11.6 Å². The van der Waals surface area contributed by atoms with Gasteiger partial charge in [-0.3, -0.25) is 4.68 Å².